The number of phosphoric ester groups is 2. The van der Waals surface area contributed by atoms with Crippen molar-refractivity contribution in [2.24, 2.45) is 0 Å². The molecule has 0 fully saturated rings. The Labute approximate surface area is 578 Å². The summed E-state index contributed by atoms with van der Waals surface area (Å²) in [7, 11) is -9.78. The number of aliphatic hydroxyl groups excluding tert-OH is 2. The molecule has 0 bridgehead atoms. The van der Waals surface area contributed by atoms with E-state index in [2.05, 4.69) is 118 Å². The average Bonchev–Trinajstić information content (AvgIpc) is 1.83. The van der Waals surface area contributed by atoms with E-state index in [0.29, 0.717) is 19.3 Å². The monoisotopic (exact) mass is 1380 g/mol. The van der Waals surface area contributed by atoms with E-state index in [9.17, 15) is 43.5 Å². The predicted octanol–water partition coefficient (Wildman–Crippen LogP) is 21.4. The minimum absolute atomic E-state index is 0.105. The summed E-state index contributed by atoms with van der Waals surface area (Å²) in [5.74, 6) is -1.58. The normalized spacial score (nSPS) is 14.6. The summed E-state index contributed by atoms with van der Waals surface area (Å²) >= 11 is 0. The molecule has 0 aliphatic carbocycles. The van der Waals surface area contributed by atoms with Crippen LogP contribution in [0, 0.1) is 0 Å². The van der Waals surface area contributed by atoms with Gasteiger partial charge in [0.2, 0.25) is 0 Å². The van der Waals surface area contributed by atoms with E-state index >= 15 is 0 Å². The van der Waals surface area contributed by atoms with E-state index in [1.54, 1.807) is 0 Å². The van der Waals surface area contributed by atoms with Crippen LogP contribution >= 0.6 is 15.6 Å². The number of allylic oxidation sites excluding steroid dienone is 16. The lowest BCUT2D eigenvalue weighted by Gasteiger charge is -2.21. The number of carbonyl (C=O) groups excluding carboxylic acids is 3. The van der Waals surface area contributed by atoms with Crippen LogP contribution in [0.4, 0.5) is 0 Å². The van der Waals surface area contributed by atoms with Crippen molar-refractivity contribution in [1.82, 2.24) is 0 Å². The van der Waals surface area contributed by atoms with Gasteiger partial charge in [-0.1, -0.05) is 298 Å². The predicted molar refractivity (Wildman–Crippen MR) is 390 cm³/mol. The topological polar surface area (TPSA) is 231 Å². The van der Waals surface area contributed by atoms with E-state index in [1.165, 1.54) is 122 Å². The number of ether oxygens (including phenoxy) is 3. The first-order chi connectivity index (χ1) is 46.2. The smallest absolute Gasteiger partial charge is 0.463 e. The maximum atomic E-state index is 12.9. The Hall–Kier alpha value is -3.53. The standard InChI is InChI=1S/C77H136O16P2/c1-4-7-10-13-16-19-22-25-28-29-30-31-32-33-34-35-36-37-38-39-40-41-44-46-48-51-54-57-60-63-75(80)87-66-72(78)67-89-94(83,84)90-68-73(79)69-91-95(85,86)92-71-74(93-77(82)65-62-59-56-53-50-47-43-27-24-21-18-15-12-9-6-3)70-88-76(81)64-61-58-55-52-49-45-42-26-23-20-17-14-11-8-5-2/h7-8,10-11,16-17,19-20,25-26,28,30-31,33-34,42,72-74,78-79H,4-6,9,12-15,18,21-24,27,29,32,35-41,43-71H2,1-3H3,(H,83,84)(H,85,86)/b10-7-,11-8-,19-16-,20-17-,28-25-,31-30-,34-33-,42-26-. The van der Waals surface area contributed by atoms with Crippen LogP contribution < -0.4 is 0 Å². The molecule has 0 aromatic rings. The van der Waals surface area contributed by atoms with Gasteiger partial charge in [0.15, 0.2) is 6.10 Å². The number of rotatable bonds is 71. The number of esters is 3. The van der Waals surface area contributed by atoms with Crippen molar-refractivity contribution in [3.05, 3.63) is 97.2 Å². The molecule has 550 valence electrons. The molecule has 95 heavy (non-hydrogen) atoms. The molecule has 5 unspecified atom stereocenters. The molecule has 4 N–H and O–H groups in total. The summed E-state index contributed by atoms with van der Waals surface area (Å²) in [6, 6.07) is 0. The van der Waals surface area contributed by atoms with Crippen molar-refractivity contribution in [1.29, 1.82) is 0 Å². The lowest BCUT2D eigenvalue weighted by molar-refractivity contribution is -0.161. The first-order valence-corrected chi connectivity index (χ1v) is 40.5. The molecule has 0 aliphatic rings. The van der Waals surface area contributed by atoms with Crippen LogP contribution in [0.15, 0.2) is 97.2 Å². The van der Waals surface area contributed by atoms with Gasteiger partial charge in [-0.25, -0.2) is 9.13 Å². The van der Waals surface area contributed by atoms with E-state index in [-0.39, 0.29) is 19.3 Å². The zero-order chi connectivity index (χ0) is 69.5. The van der Waals surface area contributed by atoms with E-state index < -0.39 is 91.5 Å². The average molecular weight is 1380 g/mol. The van der Waals surface area contributed by atoms with E-state index in [4.69, 9.17) is 32.3 Å². The minimum atomic E-state index is -4.93. The second kappa shape index (κ2) is 70.3. The summed E-state index contributed by atoms with van der Waals surface area (Å²) in [5, 5.41) is 20.6. The summed E-state index contributed by atoms with van der Waals surface area (Å²) in [6.45, 7) is 2.46. The second-order valence-corrected chi connectivity index (χ2v) is 28.0. The molecule has 18 heteroatoms. The molecule has 0 aliphatic heterocycles. The molecule has 0 amide bonds. The second-order valence-electron chi connectivity index (χ2n) is 25.0. The van der Waals surface area contributed by atoms with Gasteiger partial charge in [0.25, 0.3) is 0 Å². The van der Waals surface area contributed by atoms with Crippen LogP contribution in [0.25, 0.3) is 0 Å². The molecule has 0 heterocycles. The largest absolute Gasteiger partial charge is 0.472 e. The highest BCUT2D eigenvalue weighted by atomic mass is 31.2. The van der Waals surface area contributed by atoms with Gasteiger partial charge in [-0.2, -0.15) is 0 Å². The van der Waals surface area contributed by atoms with Gasteiger partial charge >= 0.3 is 33.6 Å². The van der Waals surface area contributed by atoms with Crippen LogP contribution in [0.1, 0.15) is 316 Å². The summed E-state index contributed by atoms with van der Waals surface area (Å²) < 4.78 is 61.0. The van der Waals surface area contributed by atoms with Crippen LogP contribution in [0.3, 0.4) is 0 Å². The molecule has 0 saturated heterocycles. The fourth-order valence-electron chi connectivity index (χ4n) is 10.1. The van der Waals surface area contributed by atoms with Gasteiger partial charge in [-0.05, 0) is 96.3 Å². The fourth-order valence-corrected chi connectivity index (χ4v) is 11.7. The molecule has 0 rings (SSSR count). The Morgan fingerprint density at radius 1 is 0.305 bits per heavy atom. The number of hydrogen-bond acceptors (Lipinski definition) is 14. The van der Waals surface area contributed by atoms with Crippen molar-refractivity contribution >= 4 is 33.6 Å². The molecule has 0 aromatic carbocycles. The van der Waals surface area contributed by atoms with Crippen molar-refractivity contribution in [2.45, 2.75) is 334 Å². The Kier molecular flexibility index (Phi) is 67.7. The van der Waals surface area contributed by atoms with Gasteiger partial charge in [0.05, 0.1) is 26.4 Å². The molecule has 0 spiro atoms. The Balaban J connectivity index is 4.47. The number of unbranched alkanes of at least 4 members (excludes halogenated alkanes) is 32. The summed E-state index contributed by atoms with van der Waals surface area (Å²) in [6.07, 6.45) is 78.9. The number of hydrogen-bond donors (Lipinski definition) is 4. The van der Waals surface area contributed by atoms with Crippen molar-refractivity contribution in [3.63, 3.8) is 0 Å². The lowest BCUT2D eigenvalue weighted by Crippen LogP contribution is -2.30. The molecule has 0 saturated carbocycles. The van der Waals surface area contributed by atoms with Gasteiger partial charge < -0.3 is 34.2 Å². The van der Waals surface area contributed by atoms with Gasteiger partial charge in [-0.15, -0.1) is 0 Å². The minimum Gasteiger partial charge on any atom is -0.463 e. The third kappa shape index (κ3) is 71.6. The van der Waals surface area contributed by atoms with Crippen LogP contribution in [0.5, 0.6) is 0 Å². The Morgan fingerprint density at radius 3 is 0.884 bits per heavy atom. The number of phosphoric acid groups is 2. The highest BCUT2D eigenvalue weighted by molar-refractivity contribution is 7.47. The van der Waals surface area contributed by atoms with Gasteiger partial charge in [0.1, 0.15) is 25.4 Å². The molecular formula is C77H136O16P2. The molecule has 5 atom stereocenters. The molecule has 0 radical (unpaired) electrons. The highest BCUT2D eigenvalue weighted by Crippen LogP contribution is 2.45. The van der Waals surface area contributed by atoms with Crippen LogP contribution in [-0.2, 0) is 55.8 Å². The maximum Gasteiger partial charge on any atom is 0.472 e. The first-order valence-electron chi connectivity index (χ1n) is 37.5. The summed E-state index contributed by atoms with van der Waals surface area (Å²) in [5.41, 5.74) is 0. The van der Waals surface area contributed by atoms with Crippen molar-refractivity contribution in [3.8, 4) is 0 Å². The maximum absolute atomic E-state index is 12.9. The quantitative estimate of drug-likeness (QED) is 0.0146. The zero-order valence-corrected chi connectivity index (χ0v) is 61.6. The van der Waals surface area contributed by atoms with E-state index in [0.717, 1.165) is 135 Å². The highest BCUT2D eigenvalue weighted by Gasteiger charge is 2.29. The Morgan fingerprint density at radius 2 is 0.558 bits per heavy atom. The molecule has 0 aromatic heterocycles. The van der Waals surface area contributed by atoms with Crippen LogP contribution in [0.2, 0.25) is 0 Å². The fraction of sp³-hybridized carbons (Fsp3) is 0.753. The third-order valence-corrected chi connectivity index (χ3v) is 17.7. The van der Waals surface area contributed by atoms with Gasteiger partial charge in [-0.3, -0.25) is 32.5 Å². The number of carbonyl (C=O) groups is 3. The SMILES string of the molecule is CC/C=C\C/C=C\C/C=C\C/C=C\C/C=C\CCCCCCCCCCCCCCCC(=O)OCC(O)COP(=O)(O)OCC(O)COP(=O)(O)OCC(COC(=O)CCCCCCC/C=C\C/C=C\C/C=C\CC)OC(=O)CCCCCCCCCCCCCCCCC. The Bertz CT molecular complexity index is 2120. The number of aliphatic hydroxyl groups is 2. The third-order valence-electron chi connectivity index (χ3n) is 15.8. The first kappa shape index (κ1) is 91.5. The molecule has 16 nitrogen and oxygen atoms in total. The van der Waals surface area contributed by atoms with E-state index in [1.807, 2.05) is 0 Å². The summed E-state index contributed by atoms with van der Waals surface area (Å²) in [4.78, 5) is 58.5. The zero-order valence-electron chi connectivity index (χ0n) is 59.8. The van der Waals surface area contributed by atoms with Crippen molar-refractivity contribution < 1.29 is 75.8 Å². The van der Waals surface area contributed by atoms with Gasteiger partial charge in [0, 0.05) is 19.3 Å². The molecular weight excluding hydrogens is 1240 g/mol. The van der Waals surface area contributed by atoms with Crippen molar-refractivity contribution in [2.75, 3.05) is 39.6 Å². The van der Waals surface area contributed by atoms with Crippen LogP contribution in [-0.4, -0.2) is 95.9 Å². The lowest BCUT2D eigenvalue weighted by atomic mass is 10.0.